The van der Waals surface area contributed by atoms with Gasteiger partial charge in [0.15, 0.2) is 0 Å². The highest BCUT2D eigenvalue weighted by molar-refractivity contribution is 5.98. The lowest BCUT2D eigenvalue weighted by Gasteiger charge is -2.07. The molecule has 0 aliphatic heterocycles. The maximum absolute atomic E-state index is 12.3. The minimum Gasteiger partial charge on any atom is -0.396 e. The molecule has 0 saturated carbocycles. The van der Waals surface area contributed by atoms with Gasteiger partial charge in [0.2, 0.25) is 0 Å². The largest absolute Gasteiger partial charge is 0.416 e. The lowest BCUT2D eigenvalue weighted by atomic mass is 10.1. The van der Waals surface area contributed by atoms with Gasteiger partial charge in [-0.1, -0.05) is 17.3 Å². The van der Waals surface area contributed by atoms with Crippen LogP contribution in [-0.4, -0.2) is 18.9 Å². The Bertz CT molecular complexity index is 399. The van der Waals surface area contributed by atoms with Gasteiger partial charge in [0, 0.05) is 0 Å². The van der Waals surface area contributed by atoms with E-state index in [1.165, 1.54) is 12.1 Å². The number of hydrogen-bond donors (Lipinski definition) is 1. The van der Waals surface area contributed by atoms with Crippen LogP contribution in [0, 0.1) is 0 Å². The smallest absolute Gasteiger partial charge is 0.396 e. The Kier molecular flexibility index (Phi) is 5.15. The highest BCUT2D eigenvalue weighted by atomic mass is 19.4. The Morgan fingerprint density at radius 1 is 1.28 bits per heavy atom. The second-order valence-corrected chi connectivity index (χ2v) is 3.73. The lowest BCUT2D eigenvalue weighted by molar-refractivity contribution is -0.137. The summed E-state index contributed by atoms with van der Waals surface area (Å²) in [4.78, 5) is 4.97. The molecule has 0 heterocycles. The first-order chi connectivity index (χ1) is 8.45. The molecule has 0 spiro atoms. The minimum atomic E-state index is -4.32. The Hall–Kier alpha value is -1.56. The zero-order chi connectivity index (χ0) is 13.6. The number of oxime groups is 1. The fraction of sp³-hybridized carbons (Fsp3) is 0.417. The lowest BCUT2D eigenvalue weighted by Crippen LogP contribution is -2.06. The number of alkyl halides is 3. The third-order valence-corrected chi connectivity index (χ3v) is 2.27. The molecular weight excluding hydrogens is 245 g/mol. The standard InChI is InChI=1S/C12H15F3N2O/c1-9(17-18-8-2-7-16)10-3-5-11(6-4-10)12(13,14)15/h3-6H,2,7-8,16H2,1H3. The van der Waals surface area contributed by atoms with Crippen LogP contribution >= 0.6 is 0 Å². The van der Waals surface area contributed by atoms with E-state index in [-0.39, 0.29) is 0 Å². The van der Waals surface area contributed by atoms with Gasteiger partial charge in [-0.05, 0) is 37.6 Å². The van der Waals surface area contributed by atoms with Gasteiger partial charge in [-0.15, -0.1) is 0 Å². The van der Waals surface area contributed by atoms with Crippen LogP contribution in [0.3, 0.4) is 0 Å². The highest BCUT2D eigenvalue weighted by Crippen LogP contribution is 2.29. The van der Waals surface area contributed by atoms with Crippen LogP contribution in [0.25, 0.3) is 0 Å². The zero-order valence-electron chi connectivity index (χ0n) is 10.00. The van der Waals surface area contributed by atoms with Gasteiger partial charge in [-0.25, -0.2) is 0 Å². The number of rotatable bonds is 5. The Labute approximate surface area is 103 Å². The van der Waals surface area contributed by atoms with E-state index in [4.69, 9.17) is 10.6 Å². The van der Waals surface area contributed by atoms with Crippen molar-refractivity contribution in [3.63, 3.8) is 0 Å². The molecule has 1 aromatic rings. The number of benzene rings is 1. The zero-order valence-corrected chi connectivity index (χ0v) is 10.00. The quantitative estimate of drug-likeness (QED) is 0.502. The van der Waals surface area contributed by atoms with Crippen LogP contribution in [0.4, 0.5) is 13.2 Å². The van der Waals surface area contributed by atoms with Crippen molar-refractivity contribution in [2.45, 2.75) is 19.5 Å². The van der Waals surface area contributed by atoms with E-state index in [0.29, 0.717) is 30.8 Å². The van der Waals surface area contributed by atoms with Crippen molar-refractivity contribution in [3.8, 4) is 0 Å². The third kappa shape index (κ3) is 4.37. The number of hydrogen-bond acceptors (Lipinski definition) is 3. The molecule has 0 unspecified atom stereocenters. The fourth-order valence-corrected chi connectivity index (χ4v) is 1.24. The highest BCUT2D eigenvalue weighted by Gasteiger charge is 2.29. The summed E-state index contributed by atoms with van der Waals surface area (Å²) >= 11 is 0. The molecule has 0 amide bonds. The van der Waals surface area contributed by atoms with Crippen LogP contribution in [0.15, 0.2) is 29.4 Å². The topological polar surface area (TPSA) is 47.6 Å². The van der Waals surface area contributed by atoms with Gasteiger partial charge in [0.05, 0.1) is 11.3 Å². The van der Waals surface area contributed by atoms with Crippen molar-refractivity contribution >= 4 is 5.71 Å². The van der Waals surface area contributed by atoms with Crippen LogP contribution in [0.2, 0.25) is 0 Å². The van der Waals surface area contributed by atoms with Gasteiger partial charge < -0.3 is 10.6 Å². The van der Waals surface area contributed by atoms with E-state index in [1.54, 1.807) is 6.92 Å². The summed E-state index contributed by atoms with van der Waals surface area (Å²) in [6.07, 6.45) is -3.63. The van der Waals surface area contributed by atoms with Crippen LogP contribution in [0.1, 0.15) is 24.5 Å². The van der Waals surface area contributed by atoms with Gasteiger partial charge in [-0.3, -0.25) is 0 Å². The number of halogens is 3. The molecular formula is C12H15F3N2O. The molecule has 0 radical (unpaired) electrons. The molecule has 0 atom stereocenters. The molecule has 0 aliphatic carbocycles. The van der Waals surface area contributed by atoms with Crippen molar-refractivity contribution in [3.05, 3.63) is 35.4 Å². The normalized spacial score (nSPS) is 12.6. The molecule has 0 bridgehead atoms. The third-order valence-electron chi connectivity index (χ3n) is 2.27. The van der Waals surface area contributed by atoms with E-state index >= 15 is 0 Å². The molecule has 100 valence electrons. The predicted molar refractivity (Wildman–Crippen MR) is 63.3 cm³/mol. The van der Waals surface area contributed by atoms with Gasteiger partial charge >= 0.3 is 6.18 Å². The Morgan fingerprint density at radius 3 is 2.39 bits per heavy atom. The molecule has 2 N–H and O–H groups in total. The Morgan fingerprint density at radius 2 is 1.89 bits per heavy atom. The monoisotopic (exact) mass is 260 g/mol. The van der Waals surface area contributed by atoms with E-state index in [1.807, 2.05) is 0 Å². The van der Waals surface area contributed by atoms with Crippen molar-refractivity contribution in [2.75, 3.05) is 13.2 Å². The summed E-state index contributed by atoms with van der Waals surface area (Å²) in [5, 5.41) is 3.80. The number of nitrogens with zero attached hydrogens (tertiary/aromatic N) is 1. The van der Waals surface area contributed by atoms with Crippen LogP contribution in [-0.2, 0) is 11.0 Å². The SMILES string of the molecule is CC(=NOCCCN)c1ccc(C(F)(F)F)cc1. The van der Waals surface area contributed by atoms with E-state index in [9.17, 15) is 13.2 Å². The first-order valence-electron chi connectivity index (χ1n) is 5.49. The van der Waals surface area contributed by atoms with Crippen molar-refractivity contribution < 1.29 is 18.0 Å². The molecule has 0 fully saturated rings. The first-order valence-corrected chi connectivity index (χ1v) is 5.49. The van der Waals surface area contributed by atoms with E-state index in [0.717, 1.165) is 12.1 Å². The maximum atomic E-state index is 12.3. The second kappa shape index (κ2) is 6.39. The fourth-order valence-electron chi connectivity index (χ4n) is 1.24. The molecule has 6 heteroatoms. The second-order valence-electron chi connectivity index (χ2n) is 3.73. The summed E-state index contributed by atoms with van der Waals surface area (Å²) in [6.45, 7) is 2.58. The summed E-state index contributed by atoms with van der Waals surface area (Å²) in [7, 11) is 0. The molecule has 1 rings (SSSR count). The molecule has 1 aromatic carbocycles. The molecule has 0 aliphatic rings. The summed E-state index contributed by atoms with van der Waals surface area (Å²) < 4.78 is 37.0. The van der Waals surface area contributed by atoms with Crippen LogP contribution < -0.4 is 5.73 Å². The van der Waals surface area contributed by atoms with E-state index < -0.39 is 11.7 Å². The molecule has 0 saturated heterocycles. The summed E-state index contributed by atoms with van der Waals surface area (Å²) in [5.74, 6) is 0. The van der Waals surface area contributed by atoms with Gasteiger partial charge in [-0.2, -0.15) is 13.2 Å². The van der Waals surface area contributed by atoms with Crippen molar-refractivity contribution in [1.82, 2.24) is 0 Å². The van der Waals surface area contributed by atoms with Gasteiger partial charge in [0.25, 0.3) is 0 Å². The first kappa shape index (κ1) is 14.5. The average Bonchev–Trinajstić information content (AvgIpc) is 2.33. The summed E-state index contributed by atoms with van der Waals surface area (Å²) in [6, 6.07) is 4.78. The van der Waals surface area contributed by atoms with Crippen molar-refractivity contribution in [1.29, 1.82) is 0 Å². The van der Waals surface area contributed by atoms with Crippen molar-refractivity contribution in [2.24, 2.45) is 10.9 Å². The predicted octanol–water partition coefficient (Wildman–Crippen LogP) is 2.79. The van der Waals surface area contributed by atoms with E-state index in [2.05, 4.69) is 5.16 Å². The number of nitrogens with two attached hydrogens (primary N) is 1. The molecule has 18 heavy (non-hydrogen) atoms. The van der Waals surface area contributed by atoms with Gasteiger partial charge in [0.1, 0.15) is 6.61 Å². The Balaban J connectivity index is 2.67. The average molecular weight is 260 g/mol. The maximum Gasteiger partial charge on any atom is 0.416 e. The summed E-state index contributed by atoms with van der Waals surface area (Å²) in [5.41, 5.74) is 5.72. The molecule has 0 aromatic heterocycles. The van der Waals surface area contributed by atoms with Crippen LogP contribution in [0.5, 0.6) is 0 Å². The molecule has 3 nitrogen and oxygen atoms in total. The minimum absolute atomic E-state index is 0.397.